The number of carbonyl (C=O) groups is 1. The van der Waals surface area contributed by atoms with Crippen molar-refractivity contribution in [2.75, 3.05) is 25.6 Å². The highest BCUT2D eigenvalue weighted by atomic mass is 16.5. The molecule has 0 aliphatic rings. The van der Waals surface area contributed by atoms with Crippen molar-refractivity contribution < 1.29 is 18.7 Å². The molecule has 136 valence electrons. The first kappa shape index (κ1) is 19.0. The molecule has 6 heteroatoms. The molecule has 0 saturated carbocycles. The molecular formula is C19H26N2O4. The number of hydrogen-bond acceptors (Lipinski definition) is 4. The predicted molar refractivity (Wildman–Crippen MR) is 96.4 cm³/mol. The lowest BCUT2D eigenvalue weighted by atomic mass is 10.2. The fourth-order valence-corrected chi connectivity index (χ4v) is 2.20. The Hall–Kier alpha value is -2.31. The molecule has 25 heavy (non-hydrogen) atoms. The van der Waals surface area contributed by atoms with E-state index in [-0.39, 0.29) is 12.1 Å². The van der Waals surface area contributed by atoms with E-state index < -0.39 is 0 Å². The molecule has 0 unspecified atom stereocenters. The van der Waals surface area contributed by atoms with Gasteiger partial charge in [0.2, 0.25) is 0 Å². The van der Waals surface area contributed by atoms with Gasteiger partial charge in [-0.15, -0.1) is 0 Å². The second-order valence-corrected chi connectivity index (χ2v) is 6.04. The molecule has 1 aromatic carbocycles. The van der Waals surface area contributed by atoms with Crippen LogP contribution >= 0.6 is 0 Å². The lowest BCUT2D eigenvalue weighted by molar-refractivity contribution is 0.0143. The number of nitrogens with zero attached hydrogens (tertiary/aromatic N) is 1. The van der Waals surface area contributed by atoms with Crippen molar-refractivity contribution in [1.82, 2.24) is 4.90 Å². The Morgan fingerprint density at radius 3 is 2.80 bits per heavy atom. The molecule has 1 heterocycles. The van der Waals surface area contributed by atoms with Gasteiger partial charge in [-0.1, -0.05) is 12.1 Å². The average Bonchev–Trinajstić information content (AvgIpc) is 3.07. The summed E-state index contributed by atoms with van der Waals surface area (Å²) in [5, 5.41) is 2.88. The lowest BCUT2D eigenvalue weighted by Gasteiger charge is -2.17. The molecule has 0 aliphatic carbocycles. The lowest BCUT2D eigenvalue weighted by Crippen LogP contribution is -2.30. The van der Waals surface area contributed by atoms with Crippen molar-refractivity contribution in [2.45, 2.75) is 33.1 Å². The summed E-state index contributed by atoms with van der Waals surface area (Å²) in [7, 11) is 1.72. The van der Waals surface area contributed by atoms with E-state index in [2.05, 4.69) is 5.32 Å². The number of rotatable bonds is 9. The Balaban J connectivity index is 1.78. The molecule has 0 fully saturated rings. The van der Waals surface area contributed by atoms with E-state index in [1.54, 1.807) is 24.3 Å². The molecule has 2 amide bonds. The molecule has 6 nitrogen and oxygen atoms in total. The van der Waals surface area contributed by atoms with Crippen molar-refractivity contribution in [1.29, 1.82) is 0 Å². The fraction of sp³-hybridized carbons (Fsp3) is 0.421. The van der Waals surface area contributed by atoms with Gasteiger partial charge in [-0.3, -0.25) is 0 Å². The SMILES string of the molecule is CC(C)OCCOCc1cccc(NC(=O)N(C)Cc2ccco2)c1. The van der Waals surface area contributed by atoms with Gasteiger partial charge in [0, 0.05) is 12.7 Å². The van der Waals surface area contributed by atoms with Crippen molar-refractivity contribution >= 4 is 11.7 Å². The largest absolute Gasteiger partial charge is 0.467 e. The third-order valence-electron chi connectivity index (χ3n) is 3.45. The molecule has 0 spiro atoms. The second kappa shape index (κ2) is 9.86. The number of urea groups is 1. The van der Waals surface area contributed by atoms with Crippen LogP contribution in [0.3, 0.4) is 0 Å². The zero-order valence-corrected chi connectivity index (χ0v) is 15.0. The minimum atomic E-state index is -0.195. The molecule has 0 aliphatic heterocycles. The van der Waals surface area contributed by atoms with Crippen LogP contribution in [0.25, 0.3) is 0 Å². The maximum atomic E-state index is 12.2. The average molecular weight is 346 g/mol. The number of amides is 2. The smallest absolute Gasteiger partial charge is 0.321 e. The predicted octanol–water partition coefficient (Wildman–Crippen LogP) is 3.89. The monoisotopic (exact) mass is 346 g/mol. The van der Waals surface area contributed by atoms with Crippen LogP contribution in [0.5, 0.6) is 0 Å². The summed E-state index contributed by atoms with van der Waals surface area (Å²) < 4.78 is 16.3. The summed E-state index contributed by atoms with van der Waals surface area (Å²) in [5.74, 6) is 0.739. The van der Waals surface area contributed by atoms with Gasteiger partial charge in [0.25, 0.3) is 0 Å². The number of furan rings is 1. The Bertz CT molecular complexity index is 641. The van der Waals surface area contributed by atoms with Gasteiger partial charge in [0.05, 0.1) is 38.7 Å². The van der Waals surface area contributed by atoms with Gasteiger partial charge in [-0.2, -0.15) is 0 Å². The molecule has 0 radical (unpaired) electrons. The highest BCUT2D eigenvalue weighted by Gasteiger charge is 2.11. The number of ether oxygens (including phenoxy) is 2. The van der Waals surface area contributed by atoms with Gasteiger partial charge < -0.3 is 24.1 Å². The highest BCUT2D eigenvalue weighted by molar-refractivity contribution is 5.89. The molecule has 2 aromatic rings. The minimum Gasteiger partial charge on any atom is -0.467 e. The summed E-state index contributed by atoms with van der Waals surface area (Å²) in [6, 6.07) is 11.1. The fourth-order valence-electron chi connectivity index (χ4n) is 2.20. The maximum absolute atomic E-state index is 12.2. The summed E-state index contributed by atoms with van der Waals surface area (Å²) in [6.45, 7) is 6.00. The maximum Gasteiger partial charge on any atom is 0.321 e. The summed E-state index contributed by atoms with van der Waals surface area (Å²) in [6.07, 6.45) is 1.80. The first-order valence-corrected chi connectivity index (χ1v) is 8.37. The van der Waals surface area contributed by atoms with Gasteiger partial charge >= 0.3 is 6.03 Å². The topological polar surface area (TPSA) is 63.9 Å². The Kier molecular flexibility index (Phi) is 7.50. The molecule has 1 N–H and O–H groups in total. The zero-order valence-electron chi connectivity index (χ0n) is 15.0. The Labute approximate surface area is 148 Å². The molecule has 0 bridgehead atoms. The van der Waals surface area contributed by atoms with E-state index in [1.165, 1.54) is 0 Å². The minimum absolute atomic E-state index is 0.195. The number of anilines is 1. The second-order valence-electron chi connectivity index (χ2n) is 6.04. The van der Waals surface area contributed by atoms with Crippen LogP contribution in [0.15, 0.2) is 47.1 Å². The van der Waals surface area contributed by atoms with Gasteiger partial charge in [0.1, 0.15) is 5.76 Å². The number of carbonyl (C=O) groups excluding carboxylic acids is 1. The third-order valence-corrected chi connectivity index (χ3v) is 3.45. The van der Waals surface area contributed by atoms with Crippen molar-refractivity contribution in [2.24, 2.45) is 0 Å². The molecule has 1 aromatic heterocycles. The van der Waals surface area contributed by atoms with E-state index in [1.807, 2.05) is 44.2 Å². The summed E-state index contributed by atoms with van der Waals surface area (Å²) >= 11 is 0. The van der Waals surface area contributed by atoms with Gasteiger partial charge in [0.15, 0.2) is 0 Å². The van der Waals surface area contributed by atoms with Crippen molar-refractivity contribution in [3.8, 4) is 0 Å². The Morgan fingerprint density at radius 2 is 2.08 bits per heavy atom. The van der Waals surface area contributed by atoms with Crippen LogP contribution in [-0.4, -0.2) is 37.3 Å². The van der Waals surface area contributed by atoms with Crippen molar-refractivity contribution in [3.05, 3.63) is 54.0 Å². The van der Waals surface area contributed by atoms with Crippen LogP contribution in [0.4, 0.5) is 10.5 Å². The zero-order chi connectivity index (χ0) is 18.1. The van der Waals surface area contributed by atoms with Crippen molar-refractivity contribution in [3.63, 3.8) is 0 Å². The van der Waals surface area contributed by atoms with E-state index >= 15 is 0 Å². The summed E-state index contributed by atoms with van der Waals surface area (Å²) in [5.41, 5.74) is 1.73. The summed E-state index contributed by atoms with van der Waals surface area (Å²) in [4.78, 5) is 13.8. The molecule has 0 saturated heterocycles. The van der Waals surface area contributed by atoms with Crippen LogP contribution < -0.4 is 5.32 Å². The highest BCUT2D eigenvalue weighted by Crippen LogP contribution is 2.13. The van der Waals surface area contributed by atoms with E-state index in [9.17, 15) is 4.79 Å². The molecular weight excluding hydrogens is 320 g/mol. The van der Waals surface area contributed by atoms with Gasteiger partial charge in [-0.25, -0.2) is 4.79 Å². The first-order chi connectivity index (χ1) is 12.0. The normalized spacial score (nSPS) is 10.9. The Morgan fingerprint density at radius 1 is 1.24 bits per heavy atom. The van der Waals surface area contributed by atoms with Crippen LogP contribution in [0.1, 0.15) is 25.2 Å². The van der Waals surface area contributed by atoms with E-state index in [0.717, 1.165) is 17.0 Å². The standard InChI is InChI=1S/C19H26N2O4/c1-15(2)24-11-10-23-14-16-6-4-7-17(12-16)20-19(22)21(3)13-18-8-5-9-25-18/h4-9,12,15H,10-11,13-14H2,1-3H3,(H,20,22). The quantitative estimate of drug-likeness (QED) is 0.700. The van der Waals surface area contributed by atoms with Gasteiger partial charge in [-0.05, 0) is 43.7 Å². The van der Waals surface area contributed by atoms with E-state index in [4.69, 9.17) is 13.9 Å². The van der Waals surface area contributed by atoms with Crippen LogP contribution in [0, 0.1) is 0 Å². The first-order valence-electron chi connectivity index (χ1n) is 8.37. The number of benzene rings is 1. The number of nitrogens with one attached hydrogen (secondary N) is 1. The third kappa shape index (κ3) is 6.99. The number of hydrogen-bond donors (Lipinski definition) is 1. The van der Waals surface area contributed by atoms with Crippen LogP contribution in [0.2, 0.25) is 0 Å². The molecule has 2 rings (SSSR count). The molecule has 0 atom stereocenters. The van der Waals surface area contributed by atoms with E-state index in [0.29, 0.717) is 26.4 Å². The van der Waals surface area contributed by atoms with Crippen LogP contribution in [-0.2, 0) is 22.6 Å².